The fourth-order valence-electron chi connectivity index (χ4n) is 1.61. The van der Waals surface area contributed by atoms with Crippen LogP contribution in [0.4, 0.5) is 5.69 Å². The molecule has 0 aliphatic rings. The van der Waals surface area contributed by atoms with E-state index >= 15 is 0 Å². The van der Waals surface area contributed by atoms with E-state index in [-0.39, 0.29) is 10.5 Å². The highest BCUT2D eigenvalue weighted by atomic mass is 32.2. The number of sulfonamides is 1. The molecule has 0 amide bonds. The third-order valence-electron chi connectivity index (χ3n) is 2.48. The van der Waals surface area contributed by atoms with Crippen LogP contribution >= 0.6 is 0 Å². The van der Waals surface area contributed by atoms with Gasteiger partial charge in [0.2, 0.25) is 0 Å². The molecule has 2 rings (SSSR count). The van der Waals surface area contributed by atoms with Crippen molar-refractivity contribution >= 4 is 15.7 Å². The van der Waals surface area contributed by atoms with Crippen LogP contribution in [0, 0.1) is 0 Å². The standard InChI is InChI=1S/C11H14N4O3S/c1-2-5-15-8-9(3-4-11(15)16)14-19(17,18)10-6-12-13-7-10/h3-4,6-8,14H,2,5H2,1H3,(H,12,13). The first-order chi connectivity index (χ1) is 9.03. The molecule has 0 aromatic carbocycles. The highest BCUT2D eigenvalue weighted by Crippen LogP contribution is 2.13. The van der Waals surface area contributed by atoms with Gasteiger partial charge in [-0.3, -0.25) is 14.6 Å². The fourth-order valence-corrected chi connectivity index (χ4v) is 2.56. The van der Waals surface area contributed by atoms with Crippen molar-refractivity contribution in [1.29, 1.82) is 0 Å². The molecule has 0 fully saturated rings. The van der Waals surface area contributed by atoms with Crippen molar-refractivity contribution in [1.82, 2.24) is 14.8 Å². The summed E-state index contributed by atoms with van der Waals surface area (Å²) in [6, 6.07) is 2.77. The van der Waals surface area contributed by atoms with E-state index in [9.17, 15) is 13.2 Å². The first-order valence-electron chi connectivity index (χ1n) is 5.75. The van der Waals surface area contributed by atoms with Crippen molar-refractivity contribution in [3.8, 4) is 0 Å². The molecule has 0 radical (unpaired) electrons. The number of hydrogen-bond donors (Lipinski definition) is 2. The van der Waals surface area contributed by atoms with Crippen LogP contribution < -0.4 is 10.3 Å². The second-order valence-corrected chi connectivity index (χ2v) is 5.67. The number of aromatic nitrogens is 3. The third-order valence-corrected chi connectivity index (χ3v) is 3.83. The lowest BCUT2D eigenvalue weighted by Gasteiger charge is -2.09. The molecule has 0 spiro atoms. The van der Waals surface area contributed by atoms with Gasteiger partial charge in [-0.05, 0) is 12.5 Å². The summed E-state index contributed by atoms with van der Waals surface area (Å²) in [7, 11) is -3.67. The van der Waals surface area contributed by atoms with E-state index in [2.05, 4.69) is 14.9 Å². The molecule has 2 aromatic heterocycles. The Morgan fingerprint density at radius 3 is 2.84 bits per heavy atom. The van der Waals surface area contributed by atoms with Gasteiger partial charge in [-0.2, -0.15) is 5.10 Å². The summed E-state index contributed by atoms with van der Waals surface area (Å²) in [6.45, 7) is 2.48. The van der Waals surface area contributed by atoms with Gasteiger partial charge in [-0.1, -0.05) is 6.92 Å². The van der Waals surface area contributed by atoms with Crippen LogP contribution in [0.25, 0.3) is 0 Å². The van der Waals surface area contributed by atoms with Gasteiger partial charge in [-0.25, -0.2) is 8.42 Å². The summed E-state index contributed by atoms with van der Waals surface area (Å²) in [5.74, 6) is 0. The third kappa shape index (κ3) is 3.02. The number of H-pyrrole nitrogens is 1. The second-order valence-electron chi connectivity index (χ2n) is 3.99. The van der Waals surface area contributed by atoms with E-state index in [0.29, 0.717) is 12.2 Å². The molecule has 8 heteroatoms. The zero-order valence-corrected chi connectivity index (χ0v) is 11.1. The molecule has 0 saturated carbocycles. The average molecular weight is 282 g/mol. The molecular formula is C11H14N4O3S. The molecule has 0 aliphatic carbocycles. The van der Waals surface area contributed by atoms with Crippen LogP contribution in [-0.2, 0) is 16.6 Å². The van der Waals surface area contributed by atoms with Gasteiger partial charge in [0.1, 0.15) is 4.90 Å². The van der Waals surface area contributed by atoms with Gasteiger partial charge in [0.05, 0.1) is 11.9 Å². The average Bonchev–Trinajstić information content (AvgIpc) is 2.88. The molecule has 0 saturated heterocycles. The van der Waals surface area contributed by atoms with Crippen molar-refractivity contribution < 1.29 is 8.42 Å². The van der Waals surface area contributed by atoms with E-state index < -0.39 is 10.0 Å². The number of aryl methyl sites for hydroxylation is 1. The van der Waals surface area contributed by atoms with Gasteiger partial charge < -0.3 is 4.57 Å². The largest absolute Gasteiger partial charge is 0.313 e. The van der Waals surface area contributed by atoms with E-state index in [1.165, 1.54) is 35.3 Å². The summed E-state index contributed by atoms with van der Waals surface area (Å²) >= 11 is 0. The number of nitrogens with zero attached hydrogens (tertiary/aromatic N) is 2. The lowest BCUT2D eigenvalue weighted by atomic mass is 10.4. The van der Waals surface area contributed by atoms with Gasteiger partial charge >= 0.3 is 0 Å². The Balaban J connectivity index is 2.29. The van der Waals surface area contributed by atoms with Crippen LogP contribution in [0.5, 0.6) is 0 Å². The van der Waals surface area contributed by atoms with Gasteiger partial charge in [-0.15, -0.1) is 0 Å². The van der Waals surface area contributed by atoms with Crippen molar-refractivity contribution in [2.45, 2.75) is 24.8 Å². The molecule has 19 heavy (non-hydrogen) atoms. The van der Waals surface area contributed by atoms with E-state index in [0.717, 1.165) is 6.42 Å². The summed E-state index contributed by atoms with van der Waals surface area (Å²) in [5.41, 5.74) is 0.183. The Morgan fingerprint density at radius 1 is 1.42 bits per heavy atom. The van der Waals surface area contributed by atoms with Crippen molar-refractivity contribution in [2.75, 3.05) is 4.72 Å². The summed E-state index contributed by atoms with van der Waals surface area (Å²) in [6.07, 6.45) is 4.77. The predicted molar refractivity (Wildman–Crippen MR) is 70.4 cm³/mol. The number of rotatable bonds is 5. The lowest BCUT2D eigenvalue weighted by molar-refractivity contribution is 0.601. The highest BCUT2D eigenvalue weighted by molar-refractivity contribution is 7.92. The lowest BCUT2D eigenvalue weighted by Crippen LogP contribution is -2.20. The molecule has 0 atom stereocenters. The predicted octanol–water partition coefficient (Wildman–Crippen LogP) is 0.782. The van der Waals surface area contributed by atoms with Crippen molar-refractivity contribution in [3.05, 3.63) is 41.1 Å². The molecule has 102 valence electrons. The Labute approximate surface area is 110 Å². The highest BCUT2D eigenvalue weighted by Gasteiger charge is 2.15. The summed E-state index contributed by atoms with van der Waals surface area (Å²) in [4.78, 5) is 11.6. The maximum atomic E-state index is 12.0. The van der Waals surface area contributed by atoms with Gasteiger partial charge in [0, 0.05) is 25.0 Å². The van der Waals surface area contributed by atoms with Crippen LogP contribution in [0.15, 0.2) is 40.4 Å². The zero-order valence-electron chi connectivity index (χ0n) is 10.3. The molecule has 0 unspecified atom stereocenters. The zero-order chi connectivity index (χ0) is 13.9. The minimum Gasteiger partial charge on any atom is -0.313 e. The normalized spacial score (nSPS) is 11.4. The molecule has 0 bridgehead atoms. The second kappa shape index (κ2) is 5.27. The quantitative estimate of drug-likeness (QED) is 0.847. The summed E-state index contributed by atoms with van der Waals surface area (Å²) in [5, 5.41) is 6.03. The molecule has 7 nitrogen and oxygen atoms in total. The molecule has 2 heterocycles. The van der Waals surface area contributed by atoms with Gasteiger partial charge in [0.15, 0.2) is 0 Å². The van der Waals surface area contributed by atoms with Crippen molar-refractivity contribution in [2.24, 2.45) is 0 Å². The van der Waals surface area contributed by atoms with E-state index in [1.807, 2.05) is 6.92 Å². The monoisotopic (exact) mass is 282 g/mol. The Morgan fingerprint density at radius 2 is 2.21 bits per heavy atom. The van der Waals surface area contributed by atoms with Crippen molar-refractivity contribution in [3.63, 3.8) is 0 Å². The van der Waals surface area contributed by atoms with Gasteiger partial charge in [0.25, 0.3) is 15.6 Å². The smallest absolute Gasteiger partial charge is 0.265 e. The number of pyridine rings is 1. The maximum absolute atomic E-state index is 12.0. The van der Waals surface area contributed by atoms with E-state index in [1.54, 1.807) is 0 Å². The Bertz CT molecular complexity index is 704. The fraction of sp³-hybridized carbons (Fsp3) is 0.273. The minimum absolute atomic E-state index is 0.0424. The SMILES string of the molecule is CCCn1cc(NS(=O)(=O)c2cn[nH]c2)ccc1=O. The number of anilines is 1. The Hall–Kier alpha value is -2.09. The first-order valence-corrected chi connectivity index (χ1v) is 7.23. The Kier molecular flexibility index (Phi) is 3.70. The van der Waals surface area contributed by atoms with E-state index in [4.69, 9.17) is 0 Å². The molecule has 0 aliphatic heterocycles. The molecule has 2 N–H and O–H groups in total. The number of hydrogen-bond acceptors (Lipinski definition) is 4. The van der Waals surface area contributed by atoms with Crippen LogP contribution in [0.2, 0.25) is 0 Å². The minimum atomic E-state index is -3.67. The van der Waals surface area contributed by atoms with Crippen LogP contribution in [0.1, 0.15) is 13.3 Å². The first kappa shape index (κ1) is 13.3. The molecular weight excluding hydrogens is 268 g/mol. The number of nitrogens with one attached hydrogen (secondary N) is 2. The number of aromatic amines is 1. The maximum Gasteiger partial charge on any atom is 0.265 e. The van der Waals surface area contributed by atoms with Crippen LogP contribution in [-0.4, -0.2) is 23.2 Å². The van der Waals surface area contributed by atoms with Crippen LogP contribution in [0.3, 0.4) is 0 Å². The topological polar surface area (TPSA) is 96.8 Å². The molecule has 2 aromatic rings. The summed E-state index contributed by atoms with van der Waals surface area (Å²) < 4.78 is 27.8.